The van der Waals surface area contributed by atoms with E-state index in [0.717, 1.165) is 10.8 Å². The van der Waals surface area contributed by atoms with Crippen molar-refractivity contribution in [3.8, 4) is 11.3 Å². The highest BCUT2D eigenvalue weighted by Gasteiger charge is 2.32. The smallest absolute Gasteiger partial charge is 0.185 e. The molecule has 2 aromatic carbocycles. The van der Waals surface area contributed by atoms with Crippen molar-refractivity contribution in [3.63, 3.8) is 0 Å². The lowest BCUT2D eigenvalue weighted by Gasteiger charge is -2.31. The summed E-state index contributed by atoms with van der Waals surface area (Å²) in [6, 6.07) is 11.3. The topological polar surface area (TPSA) is 50.3 Å². The predicted molar refractivity (Wildman–Crippen MR) is 116 cm³/mol. The molecule has 1 fully saturated rings. The van der Waals surface area contributed by atoms with Gasteiger partial charge in [-0.1, -0.05) is 18.2 Å². The molecule has 0 N–H and O–H groups in total. The summed E-state index contributed by atoms with van der Waals surface area (Å²) in [5, 5.41) is 2.56. The fourth-order valence-electron chi connectivity index (χ4n) is 3.92. The van der Waals surface area contributed by atoms with E-state index in [2.05, 4.69) is 36.3 Å². The van der Waals surface area contributed by atoms with Crippen LogP contribution >= 0.6 is 11.3 Å². The lowest BCUT2D eigenvalue weighted by molar-refractivity contribution is 0.529. The Labute approximate surface area is 175 Å². The Balaban J connectivity index is 1.48. The van der Waals surface area contributed by atoms with Crippen molar-refractivity contribution in [1.82, 2.24) is 4.98 Å². The zero-order chi connectivity index (χ0) is 20.6. The number of thiazole rings is 1. The van der Waals surface area contributed by atoms with Crippen molar-refractivity contribution in [3.05, 3.63) is 64.8 Å². The van der Waals surface area contributed by atoms with Gasteiger partial charge in [0, 0.05) is 24.0 Å². The van der Waals surface area contributed by atoms with Crippen LogP contribution in [-0.2, 0) is 9.84 Å². The average molecular weight is 431 g/mol. The maximum atomic E-state index is 13.1. The summed E-state index contributed by atoms with van der Waals surface area (Å²) < 4.78 is 38.8. The number of halogens is 1. The van der Waals surface area contributed by atoms with Gasteiger partial charge in [0.2, 0.25) is 0 Å². The van der Waals surface area contributed by atoms with Gasteiger partial charge in [0.1, 0.15) is 5.82 Å². The summed E-state index contributed by atoms with van der Waals surface area (Å²) in [5.41, 5.74) is 4.54. The van der Waals surface area contributed by atoms with Gasteiger partial charge in [-0.3, -0.25) is 0 Å². The number of hydrogen-bond donors (Lipinski definition) is 0. The van der Waals surface area contributed by atoms with Gasteiger partial charge in [-0.05, 0) is 62.1 Å². The summed E-state index contributed by atoms with van der Waals surface area (Å²) in [6.07, 6.45) is 1.08. The van der Waals surface area contributed by atoms with Gasteiger partial charge >= 0.3 is 0 Å². The second kappa shape index (κ2) is 7.88. The van der Waals surface area contributed by atoms with Crippen molar-refractivity contribution in [1.29, 1.82) is 0 Å². The molecule has 0 unspecified atom stereocenters. The SMILES string of the molecule is Cc1cccc(C)c1-c1csc(N2CCC(S(=O)(=O)c3ccc(F)cc3)CC2)n1. The number of aryl methyl sites for hydroxylation is 2. The minimum Gasteiger partial charge on any atom is -0.348 e. The molecule has 1 aliphatic heterocycles. The van der Waals surface area contributed by atoms with Crippen molar-refractivity contribution in [2.75, 3.05) is 18.0 Å². The highest BCUT2D eigenvalue weighted by atomic mass is 32.2. The minimum atomic E-state index is -3.44. The highest BCUT2D eigenvalue weighted by molar-refractivity contribution is 7.92. The highest BCUT2D eigenvalue weighted by Crippen LogP contribution is 2.34. The molecule has 0 aliphatic carbocycles. The van der Waals surface area contributed by atoms with Gasteiger partial charge in [0.25, 0.3) is 0 Å². The van der Waals surface area contributed by atoms with Crippen molar-refractivity contribution in [2.45, 2.75) is 36.8 Å². The third-order valence-electron chi connectivity index (χ3n) is 5.52. The normalized spacial score (nSPS) is 15.6. The van der Waals surface area contributed by atoms with Crippen molar-refractivity contribution < 1.29 is 12.8 Å². The number of rotatable bonds is 4. The molecule has 0 spiro atoms. The van der Waals surface area contributed by atoms with Crippen LogP contribution in [0.1, 0.15) is 24.0 Å². The number of anilines is 1. The Kier molecular flexibility index (Phi) is 5.44. The summed E-state index contributed by atoms with van der Waals surface area (Å²) in [5.74, 6) is -0.428. The molecule has 29 heavy (non-hydrogen) atoms. The number of benzene rings is 2. The molecule has 4 nitrogen and oxygen atoms in total. The van der Waals surface area contributed by atoms with Crippen molar-refractivity contribution >= 4 is 26.3 Å². The quantitative estimate of drug-likeness (QED) is 0.546. The first-order valence-electron chi connectivity index (χ1n) is 9.63. The van der Waals surface area contributed by atoms with Gasteiger partial charge in [0.15, 0.2) is 15.0 Å². The van der Waals surface area contributed by atoms with Crippen LogP contribution in [0.4, 0.5) is 9.52 Å². The predicted octanol–water partition coefficient (Wildman–Crippen LogP) is 5.01. The maximum absolute atomic E-state index is 13.1. The molecule has 1 saturated heterocycles. The molecular weight excluding hydrogens is 407 g/mol. The third kappa shape index (κ3) is 3.94. The van der Waals surface area contributed by atoms with Crippen LogP contribution in [0, 0.1) is 19.7 Å². The molecule has 1 aliphatic rings. The standard InChI is InChI=1S/C22H23FN2O2S2/c1-15-4-3-5-16(2)21(15)20-14-28-22(24-20)25-12-10-19(11-13-25)29(26,27)18-8-6-17(23)7-9-18/h3-9,14,19H,10-13H2,1-2H3. The van der Waals surface area contributed by atoms with Crippen LogP contribution in [0.3, 0.4) is 0 Å². The molecule has 7 heteroatoms. The van der Waals surface area contributed by atoms with E-state index in [9.17, 15) is 12.8 Å². The minimum absolute atomic E-state index is 0.198. The van der Waals surface area contributed by atoms with Gasteiger partial charge < -0.3 is 4.90 Å². The number of sulfone groups is 1. The number of aromatic nitrogens is 1. The fourth-order valence-corrected chi connectivity index (χ4v) is 6.52. The lowest BCUT2D eigenvalue weighted by Crippen LogP contribution is -2.39. The van der Waals surface area contributed by atoms with E-state index in [4.69, 9.17) is 4.98 Å². The zero-order valence-electron chi connectivity index (χ0n) is 16.4. The van der Waals surface area contributed by atoms with Gasteiger partial charge in [-0.25, -0.2) is 17.8 Å². The van der Waals surface area contributed by atoms with E-state index in [1.54, 1.807) is 11.3 Å². The number of hydrogen-bond acceptors (Lipinski definition) is 5. The maximum Gasteiger partial charge on any atom is 0.185 e. The average Bonchev–Trinajstić information content (AvgIpc) is 3.18. The second-order valence-electron chi connectivity index (χ2n) is 7.47. The van der Waals surface area contributed by atoms with Gasteiger partial charge in [-0.2, -0.15) is 0 Å². The molecule has 0 bridgehead atoms. The first-order chi connectivity index (χ1) is 13.9. The molecule has 2 heterocycles. The van der Waals surface area contributed by atoms with Gasteiger partial charge in [0.05, 0.1) is 15.8 Å². The summed E-state index contributed by atoms with van der Waals surface area (Å²) in [4.78, 5) is 7.20. The van der Waals surface area contributed by atoms with Crippen LogP contribution in [0.25, 0.3) is 11.3 Å². The summed E-state index contributed by atoms with van der Waals surface area (Å²) in [7, 11) is -3.44. The largest absolute Gasteiger partial charge is 0.348 e. The number of nitrogens with zero attached hydrogens (tertiary/aromatic N) is 2. The fraction of sp³-hybridized carbons (Fsp3) is 0.318. The van der Waals surface area contributed by atoms with Crippen LogP contribution in [-0.4, -0.2) is 31.7 Å². The Morgan fingerprint density at radius 2 is 1.66 bits per heavy atom. The summed E-state index contributed by atoms with van der Waals surface area (Å²) in [6.45, 7) is 5.47. The van der Waals surface area contributed by atoms with Gasteiger partial charge in [-0.15, -0.1) is 11.3 Å². The monoisotopic (exact) mass is 430 g/mol. The Morgan fingerprint density at radius 1 is 1.03 bits per heavy atom. The third-order valence-corrected chi connectivity index (χ3v) is 8.70. The first kappa shape index (κ1) is 20.0. The van der Waals surface area contributed by atoms with E-state index in [1.165, 1.54) is 41.0 Å². The summed E-state index contributed by atoms with van der Waals surface area (Å²) >= 11 is 1.60. The van der Waals surface area contributed by atoms with E-state index in [-0.39, 0.29) is 4.90 Å². The molecule has 0 saturated carbocycles. The first-order valence-corrected chi connectivity index (χ1v) is 12.1. The van der Waals surface area contributed by atoms with Crippen molar-refractivity contribution in [2.24, 2.45) is 0 Å². The van der Waals surface area contributed by atoms with Crippen LogP contribution in [0.5, 0.6) is 0 Å². The Bertz CT molecular complexity index is 1100. The van der Waals surface area contributed by atoms with E-state index in [1.807, 2.05) is 6.07 Å². The Hall–Kier alpha value is -2.25. The molecule has 152 valence electrons. The lowest BCUT2D eigenvalue weighted by atomic mass is 10.0. The van der Waals surface area contributed by atoms with E-state index in [0.29, 0.717) is 25.9 Å². The molecule has 1 aromatic heterocycles. The second-order valence-corrected chi connectivity index (χ2v) is 10.5. The number of piperidine rings is 1. The molecular formula is C22H23FN2O2S2. The van der Waals surface area contributed by atoms with E-state index >= 15 is 0 Å². The molecule has 0 radical (unpaired) electrons. The molecule has 3 aromatic rings. The molecule has 0 amide bonds. The van der Waals surface area contributed by atoms with E-state index < -0.39 is 20.9 Å². The zero-order valence-corrected chi connectivity index (χ0v) is 18.1. The van der Waals surface area contributed by atoms with Crippen LogP contribution < -0.4 is 4.90 Å². The van der Waals surface area contributed by atoms with Crippen LogP contribution in [0.15, 0.2) is 52.7 Å². The molecule has 0 atom stereocenters. The Morgan fingerprint density at radius 3 is 2.28 bits per heavy atom. The molecule has 4 rings (SSSR count). The van der Waals surface area contributed by atoms with Crippen LogP contribution in [0.2, 0.25) is 0 Å².